The van der Waals surface area contributed by atoms with Crippen molar-refractivity contribution in [3.63, 3.8) is 0 Å². The second kappa shape index (κ2) is 9.42. The largest absolute Gasteiger partial charge is 0.494 e. The van der Waals surface area contributed by atoms with Gasteiger partial charge in [0.2, 0.25) is 5.91 Å². The van der Waals surface area contributed by atoms with E-state index in [1.165, 1.54) is 7.11 Å². The van der Waals surface area contributed by atoms with Crippen LogP contribution in [0.1, 0.15) is 17.3 Å². The van der Waals surface area contributed by atoms with Gasteiger partial charge >= 0.3 is 5.97 Å². The Hall–Kier alpha value is -2.61. The van der Waals surface area contributed by atoms with E-state index >= 15 is 0 Å². The smallest absolute Gasteiger partial charge is 0.328 e. The van der Waals surface area contributed by atoms with Crippen molar-refractivity contribution in [3.05, 3.63) is 29.8 Å². The molecule has 0 aliphatic carbocycles. The van der Waals surface area contributed by atoms with Gasteiger partial charge < -0.3 is 25.2 Å². The molecule has 0 radical (unpaired) electrons. The van der Waals surface area contributed by atoms with Crippen LogP contribution >= 0.6 is 0 Å². The van der Waals surface area contributed by atoms with Crippen LogP contribution in [-0.4, -0.2) is 55.8 Å². The van der Waals surface area contributed by atoms with Crippen LogP contribution in [0.5, 0.6) is 5.75 Å². The Labute approximate surface area is 133 Å². The highest BCUT2D eigenvalue weighted by Crippen LogP contribution is 2.11. The lowest BCUT2D eigenvalue weighted by atomic mass is 10.2. The summed E-state index contributed by atoms with van der Waals surface area (Å²) in [6.07, 6.45) is 0. The van der Waals surface area contributed by atoms with Crippen LogP contribution in [0.3, 0.4) is 0 Å². The third-order valence-electron chi connectivity index (χ3n) is 2.80. The first-order chi connectivity index (χ1) is 11.0. The summed E-state index contributed by atoms with van der Waals surface area (Å²) in [6.45, 7) is 1.89. The Kier molecular flexibility index (Phi) is 7.55. The van der Waals surface area contributed by atoms with E-state index in [1.54, 1.807) is 24.3 Å². The quantitative estimate of drug-likeness (QED) is 0.590. The minimum atomic E-state index is -1.21. The molecule has 1 unspecified atom stereocenters. The van der Waals surface area contributed by atoms with Gasteiger partial charge in [-0.05, 0) is 31.2 Å². The van der Waals surface area contributed by atoms with Gasteiger partial charge in [0.1, 0.15) is 5.75 Å². The molecule has 1 rings (SSSR count). The summed E-state index contributed by atoms with van der Waals surface area (Å²) >= 11 is 0. The number of carbonyl (C=O) groups excluding carboxylic acids is 2. The van der Waals surface area contributed by atoms with Crippen molar-refractivity contribution in [3.8, 4) is 5.75 Å². The molecule has 0 aliphatic heterocycles. The third-order valence-corrected chi connectivity index (χ3v) is 2.80. The summed E-state index contributed by atoms with van der Waals surface area (Å²) in [7, 11) is 1.33. The monoisotopic (exact) mass is 324 g/mol. The minimum absolute atomic E-state index is 0.159. The maximum atomic E-state index is 11.9. The van der Waals surface area contributed by atoms with E-state index in [-0.39, 0.29) is 13.2 Å². The van der Waals surface area contributed by atoms with E-state index in [2.05, 4.69) is 10.6 Å². The molecule has 8 nitrogen and oxygen atoms in total. The fourth-order valence-electron chi connectivity index (χ4n) is 1.72. The average Bonchev–Trinajstić information content (AvgIpc) is 2.53. The standard InChI is InChI=1S/C15H20N2O6/c1-3-23-11-6-4-10(5-7-11)14(19)16-8-13(18)17-12(9-22-2)15(20)21/h4-7,12H,3,8-9H2,1-2H3,(H,16,19)(H,17,18)(H,20,21). The minimum Gasteiger partial charge on any atom is -0.494 e. The van der Waals surface area contributed by atoms with Gasteiger partial charge in [0.05, 0.1) is 19.8 Å². The zero-order valence-corrected chi connectivity index (χ0v) is 13.0. The lowest BCUT2D eigenvalue weighted by Crippen LogP contribution is -2.47. The van der Waals surface area contributed by atoms with Crippen LogP contribution in [0.2, 0.25) is 0 Å². The molecule has 0 aliphatic rings. The molecule has 1 aromatic rings. The molecule has 3 N–H and O–H groups in total. The summed E-state index contributed by atoms with van der Waals surface area (Å²) in [5.41, 5.74) is 0.368. The van der Waals surface area contributed by atoms with Crippen molar-refractivity contribution in [1.29, 1.82) is 0 Å². The van der Waals surface area contributed by atoms with E-state index in [0.29, 0.717) is 17.9 Å². The zero-order valence-electron chi connectivity index (χ0n) is 13.0. The molecule has 126 valence electrons. The molecular weight excluding hydrogens is 304 g/mol. The fourth-order valence-corrected chi connectivity index (χ4v) is 1.72. The Morgan fingerprint density at radius 1 is 1.22 bits per heavy atom. The topological polar surface area (TPSA) is 114 Å². The molecule has 23 heavy (non-hydrogen) atoms. The number of amides is 2. The van der Waals surface area contributed by atoms with Crippen molar-refractivity contribution in [1.82, 2.24) is 10.6 Å². The molecule has 0 saturated carbocycles. The molecule has 8 heteroatoms. The Morgan fingerprint density at radius 3 is 2.39 bits per heavy atom. The normalized spacial score (nSPS) is 11.4. The Bertz CT molecular complexity index is 543. The highest BCUT2D eigenvalue weighted by molar-refractivity contribution is 5.96. The summed E-state index contributed by atoms with van der Waals surface area (Å²) < 4.78 is 9.96. The predicted octanol–water partition coefficient (Wildman–Crippen LogP) is 0.0309. The van der Waals surface area contributed by atoms with Gasteiger partial charge in [0.15, 0.2) is 6.04 Å². The molecule has 2 amide bonds. The number of benzene rings is 1. The number of ether oxygens (including phenoxy) is 2. The first-order valence-corrected chi connectivity index (χ1v) is 7.00. The molecule has 0 saturated heterocycles. The van der Waals surface area contributed by atoms with Crippen molar-refractivity contribution in [2.45, 2.75) is 13.0 Å². The Balaban J connectivity index is 2.48. The third kappa shape index (κ3) is 6.35. The zero-order chi connectivity index (χ0) is 17.2. The molecule has 0 heterocycles. The summed E-state index contributed by atoms with van der Waals surface area (Å²) in [6, 6.07) is 5.29. The van der Waals surface area contributed by atoms with E-state index in [0.717, 1.165) is 0 Å². The van der Waals surface area contributed by atoms with Crippen LogP contribution in [0, 0.1) is 0 Å². The number of carboxylic acids is 1. The second-order valence-corrected chi connectivity index (χ2v) is 4.55. The number of methoxy groups -OCH3 is 1. The number of hydrogen-bond acceptors (Lipinski definition) is 5. The van der Waals surface area contributed by atoms with Crippen LogP contribution in [0.25, 0.3) is 0 Å². The maximum absolute atomic E-state index is 11.9. The lowest BCUT2D eigenvalue weighted by Gasteiger charge is -2.13. The number of hydrogen-bond donors (Lipinski definition) is 3. The number of carboxylic acid groups (broad SMARTS) is 1. The van der Waals surface area contributed by atoms with Crippen molar-refractivity contribution < 1.29 is 29.0 Å². The summed E-state index contributed by atoms with van der Waals surface area (Å²) in [4.78, 5) is 34.4. The summed E-state index contributed by atoms with van der Waals surface area (Å²) in [5.74, 6) is -1.63. The van der Waals surface area contributed by atoms with Crippen LogP contribution in [0.15, 0.2) is 24.3 Å². The molecule has 0 bridgehead atoms. The van der Waals surface area contributed by atoms with E-state index < -0.39 is 23.8 Å². The number of aliphatic carboxylic acids is 1. The van der Waals surface area contributed by atoms with Gasteiger partial charge in [0, 0.05) is 12.7 Å². The molecule has 0 aromatic heterocycles. The molecule has 0 fully saturated rings. The van der Waals surface area contributed by atoms with E-state index in [4.69, 9.17) is 14.6 Å². The van der Waals surface area contributed by atoms with Gasteiger partial charge in [0.25, 0.3) is 5.91 Å². The van der Waals surface area contributed by atoms with Crippen LogP contribution in [-0.2, 0) is 14.3 Å². The highest BCUT2D eigenvalue weighted by Gasteiger charge is 2.19. The van der Waals surface area contributed by atoms with Gasteiger partial charge in [-0.1, -0.05) is 0 Å². The van der Waals surface area contributed by atoms with Crippen molar-refractivity contribution in [2.75, 3.05) is 26.9 Å². The first kappa shape index (κ1) is 18.4. The Morgan fingerprint density at radius 2 is 1.87 bits per heavy atom. The van der Waals surface area contributed by atoms with Gasteiger partial charge in [-0.15, -0.1) is 0 Å². The van der Waals surface area contributed by atoms with E-state index in [9.17, 15) is 14.4 Å². The average molecular weight is 324 g/mol. The van der Waals surface area contributed by atoms with Crippen molar-refractivity contribution >= 4 is 17.8 Å². The molecular formula is C15H20N2O6. The molecule has 0 spiro atoms. The molecule has 1 aromatic carbocycles. The first-order valence-electron chi connectivity index (χ1n) is 7.00. The SMILES string of the molecule is CCOc1ccc(C(=O)NCC(=O)NC(COC)C(=O)O)cc1. The lowest BCUT2D eigenvalue weighted by molar-refractivity contribution is -0.143. The number of carbonyl (C=O) groups is 3. The number of nitrogens with one attached hydrogen (secondary N) is 2. The van der Waals surface area contributed by atoms with E-state index in [1.807, 2.05) is 6.92 Å². The fraction of sp³-hybridized carbons (Fsp3) is 0.400. The maximum Gasteiger partial charge on any atom is 0.328 e. The predicted molar refractivity (Wildman–Crippen MR) is 81.4 cm³/mol. The number of rotatable bonds is 9. The van der Waals surface area contributed by atoms with Crippen molar-refractivity contribution in [2.24, 2.45) is 0 Å². The van der Waals surface area contributed by atoms with Crippen LogP contribution in [0.4, 0.5) is 0 Å². The molecule has 1 atom stereocenters. The second-order valence-electron chi connectivity index (χ2n) is 4.55. The van der Waals surface area contributed by atoms with Gasteiger partial charge in [-0.3, -0.25) is 9.59 Å². The highest BCUT2D eigenvalue weighted by atomic mass is 16.5. The summed E-state index contributed by atoms with van der Waals surface area (Å²) in [5, 5.41) is 13.5. The van der Waals surface area contributed by atoms with Gasteiger partial charge in [-0.2, -0.15) is 0 Å². The van der Waals surface area contributed by atoms with Crippen LogP contribution < -0.4 is 15.4 Å². The van der Waals surface area contributed by atoms with Gasteiger partial charge in [-0.25, -0.2) is 4.79 Å².